The minimum absolute atomic E-state index is 0.0603. The quantitative estimate of drug-likeness (QED) is 0.621. The molecule has 1 unspecified atom stereocenters. The predicted octanol–water partition coefficient (Wildman–Crippen LogP) is 3.71. The Labute approximate surface area is 183 Å². The Kier molecular flexibility index (Phi) is 6.37. The van der Waals surface area contributed by atoms with E-state index in [1.165, 1.54) is 0 Å². The van der Waals surface area contributed by atoms with Gasteiger partial charge < -0.3 is 15.2 Å². The lowest BCUT2D eigenvalue weighted by Crippen LogP contribution is -2.44. The Morgan fingerprint density at radius 1 is 1.03 bits per heavy atom. The van der Waals surface area contributed by atoms with E-state index in [1.54, 1.807) is 0 Å². The number of hydrogen-bond donors (Lipinski definition) is 2. The van der Waals surface area contributed by atoms with Crippen LogP contribution in [0, 0.1) is 5.92 Å². The minimum Gasteiger partial charge on any atom is -0.350 e. The van der Waals surface area contributed by atoms with Crippen LogP contribution in [0.25, 0.3) is 10.9 Å². The molecule has 1 aliphatic heterocycles. The summed E-state index contributed by atoms with van der Waals surface area (Å²) < 4.78 is 1.98. The van der Waals surface area contributed by atoms with Crippen LogP contribution in [0.5, 0.6) is 0 Å². The molecule has 0 saturated carbocycles. The highest BCUT2D eigenvalue weighted by Gasteiger charge is 2.26. The fraction of sp³-hybridized carbons (Fsp3) is 0.360. The van der Waals surface area contributed by atoms with Gasteiger partial charge in [-0.1, -0.05) is 43.3 Å². The summed E-state index contributed by atoms with van der Waals surface area (Å²) in [5, 5.41) is 6.67. The second-order valence-corrected chi connectivity index (χ2v) is 8.51. The second-order valence-electron chi connectivity index (χ2n) is 8.51. The Bertz CT molecular complexity index is 1050. The van der Waals surface area contributed by atoms with Gasteiger partial charge in [-0.15, -0.1) is 0 Å². The van der Waals surface area contributed by atoms with Crippen molar-refractivity contribution in [2.45, 2.75) is 25.8 Å². The van der Waals surface area contributed by atoms with Crippen LogP contribution in [0.1, 0.15) is 31.4 Å². The van der Waals surface area contributed by atoms with E-state index in [0.29, 0.717) is 12.2 Å². The number of hydrogen-bond acceptors (Lipinski definition) is 3. The van der Waals surface area contributed by atoms with E-state index in [2.05, 4.69) is 34.6 Å². The van der Waals surface area contributed by atoms with E-state index < -0.39 is 11.8 Å². The number of nitrogens with zero attached hydrogens (tertiary/aromatic N) is 2. The number of anilines is 1. The van der Waals surface area contributed by atoms with Crippen LogP contribution >= 0.6 is 0 Å². The minimum atomic E-state index is -0.646. The van der Waals surface area contributed by atoms with Crippen molar-refractivity contribution < 1.29 is 9.59 Å². The summed E-state index contributed by atoms with van der Waals surface area (Å²) in [6.07, 6.45) is 4.27. The summed E-state index contributed by atoms with van der Waals surface area (Å²) in [4.78, 5) is 27.5. The zero-order valence-corrected chi connectivity index (χ0v) is 18.2. The van der Waals surface area contributed by atoms with Gasteiger partial charge in [0, 0.05) is 31.0 Å². The molecule has 1 fully saturated rings. The van der Waals surface area contributed by atoms with Gasteiger partial charge in [-0.3, -0.25) is 14.5 Å². The van der Waals surface area contributed by atoms with Gasteiger partial charge in [0.1, 0.15) is 0 Å². The normalized spacial score (nSPS) is 16.2. The van der Waals surface area contributed by atoms with Gasteiger partial charge in [-0.2, -0.15) is 0 Å². The highest BCUT2D eigenvalue weighted by atomic mass is 16.2. The van der Waals surface area contributed by atoms with Crippen LogP contribution in [-0.4, -0.2) is 40.9 Å². The van der Waals surface area contributed by atoms with Crippen molar-refractivity contribution >= 4 is 28.4 Å². The van der Waals surface area contributed by atoms with E-state index in [0.717, 1.165) is 48.3 Å². The maximum Gasteiger partial charge on any atom is 0.313 e. The molecule has 0 bridgehead atoms. The lowest BCUT2D eigenvalue weighted by atomic mass is 9.95. The Hall–Kier alpha value is -3.12. The lowest BCUT2D eigenvalue weighted by molar-refractivity contribution is -0.136. The molecule has 1 saturated heterocycles. The summed E-state index contributed by atoms with van der Waals surface area (Å²) in [6.45, 7) is 4.69. The molecule has 1 aliphatic rings. The number of piperidine rings is 1. The number of carbonyl (C=O) groups is 2. The molecule has 3 aromatic rings. The van der Waals surface area contributed by atoms with Crippen LogP contribution < -0.4 is 10.6 Å². The monoisotopic (exact) mass is 418 g/mol. The van der Waals surface area contributed by atoms with Crippen molar-refractivity contribution in [2.24, 2.45) is 13.0 Å². The molecule has 2 N–H and O–H groups in total. The van der Waals surface area contributed by atoms with Crippen molar-refractivity contribution in [3.63, 3.8) is 0 Å². The van der Waals surface area contributed by atoms with Crippen molar-refractivity contribution in [1.29, 1.82) is 0 Å². The number of carbonyl (C=O) groups excluding carboxylic acids is 2. The Morgan fingerprint density at radius 3 is 2.52 bits per heavy atom. The van der Waals surface area contributed by atoms with E-state index >= 15 is 0 Å². The second kappa shape index (κ2) is 9.35. The molecule has 0 radical (unpaired) electrons. The molecule has 4 rings (SSSR count). The lowest BCUT2D eigenvalue weighted by Gasteiger charge is -2.37. The average molecular weight is 419 g/mol. The van der Waals surface area contributed by atoms with Crippen LogP contribution in [-0.2, 0) is 16.6 Å². The molecule has 2 heterocycles. The first-order valence-electron chi connectivity index (χ1n) is 10.9. The first-order valence-corrected chi connectivity index (χ1v) is 10.9. The largest absolute Gasteiger partial charge is 0.350 e. The fourth-order valence-electron chi connectivity index (χ4n) is 4.27. The topological polar surface area (TPSA) is 66.4 Å². The molecule has 162 valence electrons. The summed E-state index contributed by atoms with van der Waals surface area (Å²) in [6, 6.07) is 17.9. The highest BCUT2D eigenvalue weighted by Crippen LogP contribution is 2.26. The number of aromatic nitrogens is 1. The van der Waals surface area contributed by atoms with Crippen LogP contribution in [0.15, 0.2) is 60.8 Å². The number of aryl methyl sites for hydroxylation is 1. The number of rotatable bonds is 5. The van der Waals surface area contributed by atoms with Crippen LogP contribution in [0.2, 0.25) is 0 Å². The summed E-state index contributed by atoms with van der Waals surface area (Å²) in [7, 11) is 1.95. The molecule has 0 aliphatic carbocycles. The standard InChI is InChI=1S/C25H30N4O2/c1-18-10-14-29(15-11-18)23(19-6-4-3-5-7-19)17-26-24(30)25(31)27-21-9-8-20-12-13-28(2)22(20)16-21/h3-9,12-13,16,18,23H,10-11,14-15,17H2,1-2H3,(H,26,30)(H,27,31). The van der Waals surface area contributed by atoms with Gasteiger partial charge in [0.15, 0.2) is 0 Å². The zero-order valence-electron chi connectivity index (χ0n) is 18.2. The van der Waals surface area contributed by atoms with Crippen molar-refractivity contribution in [3.05, 3.63) is 66.4 Å². The van der Waals surface area contributed by atoms with Gasteiger partial charge in [-0.25, -0.2) is 0 Å². The maximum absolute atomic E-state index is 12.6. The molecule has 0 spiro atoms. The molecule has 6 heteroatoms. The molecule has 31 heavy (non-hydrogen) atoms. The average Bonchev–Trinajstić information content (AvgIpc) is 3.16. The third kappa shape index (κ3) is 4.97. The molecule has 6 nitrogen and oxygen atoms in total. The first kappa shape index (κ1) is 21.1. The Morgan fingerprint density at radius 2 is 1.77 bits per heavy atom. The van der Waals surface area contributed by atoms with E-state index in [9.17, 15) is 9.59 Å². The van der Waals surface area contributed by atoms with Gasteiger partial charge in [0.05, 0.1) is 6.04 Å². The molecule has 1 aromatic heterocycles. The number of nitrogens with one attached hydrogen (secondary N) is 2. The molecule has 1 atom stereocenters. The van der Waals surface area contributed by atoms with E-state index in [4.69, 9.17) is 0 Å². The predicted molar refractivity (Wildman–Crippen MR) is 124 cm³/mol. The highest BCUT2D eigenvalue weighted by molar-refractivity contribution is 6.39. The van der Waals surface area contributed by atoms with Gasteiger partial charge in [-0.05, 0) is 61.0 Å². The molecular formula is C25H30N4O2. The maximum atomic E-state index is 12.6. The number of fused-ring (bicyclic) bond motifs is 1. The van der Waals surface area contributed by atoms with Crippen LogP contribution in [0.3, 0.4) is 0 Å². The third-order valence-electron chi connectivity index (χ3n) is 6.25. The SMILES string of the molecule is CC1CCN(C(CNC(=O)C(=O)Nc2ccc3ccn(C)c3c2)c2ccccc2)CC1. The number of amides is 2. The molecular weight excluding hydrogens is 388 g/mol. The van der Waals surface area contributed by atoms with Gasteiger partial charge in [0.25, 0.3) is 0 Å². The van der Waals surface area contributed by atoms with Gasteiger partial charge in [0.2, 0.25) is 0 Å². The summed E-state index contributed by atoms with van der Waals surface area (Å²) in [5.74, 6) is -0.527. The zero-order chi connectivity index (χ0) is 21.8. The molecule has 2 aromatic carbocycles. The fourth-order valence-corrected chi connectivity index (χ4v) is 4.27. The number of likely N-dealkylation sites (tertiary alicyclic amines) is 1. The van der Waals surface area contributed by atoms with E-state index in [1.807, 2.05) is 60.3 Å². The van der Waals surface area contributed by atoms with Crippen molar-refractivity contribution in [2.75, 3.05) is 25.0 Å². The van der Waals surface area contributed by atoms with E-state index in [-0.39, 0.29) is 6.04 Å². The van der Waals surface area contributed by atoms with Crippen LogP contribution in [0.4, 0.5) is 5.69 Å². The van der Waals surface area contributed by atoms with Gasteiger partial charge >= 0.3 is 11.8 Å². The van der Waals surface area contributed by atoms with Crippen molar-refractivity contribution in [1.82, 2.24) is 14.8 Å². The summed E-state index contributed by atoms with van der Waals surface area (Å²) in [5.41, 5.74) is 2.77. The Balaban J connectivity index is 1.40. The summed E-state index contributed by atoms with van der Waals surface area (Å²) >= 11 is 0. The number of benzene rings is 2. The smallest absolute Gasteiger partial charge is 0.313 e. The third-order valence-corrected chi connectivity index (χ3v) is 6.25. The first-order chi connectivity index (χ1) is 15.0. The van der Waals surface area contributed by atoms with Crippen molar-refractivity contribution in [3.8, 4) is 0 Å². The molecule has 2 amide bonds.